The van der Waals surface area contributed by atoms with E-state index >= 15 is 0 Å². The number of benzene rings is 5. The third-order valence-corrected chi connectivity index (χ3v) is 7.50. The molecule has 0 unspecified atom stereocenters. The zero-order chi connectivity index (χ0) is 22.6. The Morgan fingerprint density at radius 1 is 0.676 bits per heavy atom. The molecule has 5 aromatic carbocycles. The lowest BCUT2D eigenvalue weighted by molar-refractivity contribution is -0.643. The molecule has 0 bridgehead atoms. The molecule has 0 fully saturated rings. The Hall–Kier alpha value is -4.37. The summed E-state index contributed by atoms with van der Waals surface area (Å²) in [7, 11) is 2.12. The van der Waals surface area contributed by atoms with Crippen molar-refractivity contribution in [3.05, 3.63) is 96.8 Å². The highest BCUT2D eigenvalue weighted by atomic mass is 16.3. The van der Waals surface area contributed by atoms with Crippen LogP contribution < -0.4 is 4.57 Å². The highest BCUT2D eigenvalue weighted by Gasteiger charge is 2.21. The highest BCUT2D eigenvalue weighted by molar-refractivity contribution is 6.20. The van der Waals surface area contributed by atoms with Crippen LogP contribution in [0.5, 0.6) is 0 Å². The first-order valence-electron chi connectivity index (χ1n) is 11.7. The van der Waals surface area contributed by atoms with E-state index in [0.29, 0.717) is 0 Å². The van der Waals surface area contributed by atoms with Crippen LogP contribution in [0.2, 0.25) is 0 Å². The summed E-state index contributed by atoms with van der Waals surface area (Å²) >= 11 is 0. The van der Waals surface area contributed by atoms with E-state index in [0.717, 1.165) is 21.9 Å². The van der Waals surface area contributed by atoms with Crippen LogP contribution in [0.1, 0.15) is 5.56 Å². The summed E-state index contributed by atoms with van der Waals surface area (Å²) in [6.45, 7) is 2.19. The fourth-order valence-corrected chi connectivity index (χ4v) is 5.88. The Kier molecular flexibility index (Phi) is 3.27. The average molecular weight is 438 g/mol. The second kappa shape index (κ2) is 6.15. The summed E-state index contributed by atoms with van der Waals surface area (Å²) in [4.78, 5) is 0. The van der Waals surface area contributed by atoms with E-state index in [4.69, 9.17) is 4.42 Å². The minimum atomic E-state index is 0.931. The van der Waals surface area contributed by atoms with Gasteiger partial charge < -0.3 is 4.42 Å². The number of pyridine rings is 1. The van der Waals surface area contributed by atoms with Gasteiger partial charge in [0.25, 0.3) is 5.65 Å². The Labute approximate surface area is 195 Å². The maximum absolute atomic E-state index is 6.50. The van der Waals surface area contributed by atoms with Crippen LogP contribution in [-0.2, 0) is 7.05 Å². The number of hydrogen-bond donors (Lipinski definition) is 0. The van der Waals surface area contributed by atoms with E-state index in [1.807, 2.05) is 0 Å². The van der Waals surface area contributed by atoms with Gasteiger partial charge in [-0.25, -0.2) is 4.57 Å². The van der Waals surface area contributed by atoms with Crippen LogP contribution >= 0.6 is 0 Å². The Morgan fingerprint density at radius 2 is 1.44 bits per heavy atom. The normalized spacial score (nSPS) is 12.4. The maximum Gasteiger partial charge on any atom is 0.294 e. The number of nitrogens with zero attached hydrogens (tertiary/aromatic N) is 2. The van der Waals surface area contributed by atoms with Gasteiger partial charge in [0.2, 0.25) is 0 Å². The van der Waals surface area contributed by atoms with Crippen molar-refractivity contribution in [3.63, 3.8) is 0 Å². The lowest BCUT2D eigenvalue weighted by Crippen LogP contribution is -2.26. The minimum Gasteiger partial charge on any atom is -0.456 e. The number of aryl methyl sites for hydroxylation is 2. The fourth-order valence-electron chi connectivity index (χ4n) is 5.88. The second-order valence-electron chi connectivity index (χ2n) is 9.42. The van der Waals surface area contributed by atoms with Gasteiger partial charge in [0.05, 0.1) is 12.4 Å². The summed E-state index contributed by atoms with van der Waals surface area (Å²) in [5.41, 5.74) is 5.55. The molecule has 0 aliphatic rings. The summed E-state index contributed by atoms with van der Waals surface area (Å²) in [5, 5.41) is 11.1. The number of fused-ring (bicyclic) bond motifs is 12. The van der Waals surface area contributed by atoms with Gasteiger partial charge in [-0.2, -0.15) is 4.40 Å². The molecule has 3 aromatic heterocycles. The third-order valence-electron chi connectivity index (χ3n) is 7.50. The van der Waals surface area contributed by atoms with E-state index < -0.39 is 0 Å². The number of aromatic nitrogens is 2. The predicted octanol–water partition coefficient (Wildman–Crippen LogP) is 7.58. The zero-order valence-electron chi connectivity index (χ0n) is 19.0. The molecule has 3 heteroatoms. The lowest BCUT2D eigenvalue weighted by atomic mass is 9.98. The van der Waals surface area contributed by atoms with E-state index in [9.17, 15) is 0 Å². The van der Waals surface area contributed by atoms with Crippen molar-refractivity contribution < 1.29 is 8.98 Å². The van der Waals surface area contributed by atoms with Gasteiger partial charge in [0.1, 0.15) is 29.1 Å². The van der Waals surface area contributed by atoms with Crippen molar-refractivity contribution in [2.75, 3.05) is 0 Å². The van der Waals surface area contributed by atoms with Gasteiger partial charge in [-0.05, 0) is 58.3 Å². The molecule has 0 aliphatic heterocycles. The van der Waals surface area contributed by atoms with Crippen molar-refractivity contribution in [2.45, 2.75) is 6.92 Å². The number of rotatable bonds is 0. The summed E-state index contributed by atoms with van der Waals surface area (Å²) in [5.74, 6) is 0. The lowest BCUT2D eigenvalue weighted by Gasteiger charge is -2.07. The molecule has 3 heterocycles. The molecule has 0 saturated carbocycles. The number of hydrogen-bond acceptors (Lipinski definition) is 1. The van der Waals surface area contributed by atoms with E-state index in [-0.39, 0.29) is 0 Å². The Morgan fingerprint density at radius 3 is 2.35 bits per heavy atom. The van der Waals surface area contributed by atoms with Crippen LogP contribution in [0.4, 0.5) is 0 Å². The quantitative estimate of drug-likeness (QED) is 0.177. The molecule has 160 valence electrons. The Bertz CT molecular complexity index is 2140. The van der Waals surface area contributed by atoms with E-state index in [1.165, 1.54) is 54.4 Å². The topological polar surface area (TPSA) is 21.4 Å². The zero-order valence-corrected chi connectivity index (χ0v) is 19.0. The maximum atomic E-state index is 6.50. The second-order valence-corrected chi connectivity index (χ2v) is 9.42. The minimum absolute atomic E-state index is 0.931. The van der Waals surface area contributed by atoms with E-state index in [1.54, 1.807) is 0 Å². The van der Waals surface area contributed by atoms with Crippen molar-refractivity contribution >= 4 is 70.8 Å². The summed E-state index contributed by atoms with van der Waals surface area (Å²) in [6, 6.07) is 28.6. The Balaban J connectivity index is 1.58. The largest absolute Gasteiger partial charge is 0.456 e. The molecule has 0 N–H and O–H groups in total. The monoisotopic (exact) mass is 437 g/mol. The van der Waals surface area contributed by atoms with Crippen molar-refractivity contribution in [1.82, 2.24) is 4.40 Å². The summed E-state index contributed by atoms with van der Waals surface area (Å²) < 4.78 is 11.0. The molecular weight excluding hydrogens is 416 g/mol. The van der Waals surface area contributed by atoms with Crippen LogP contribution in [0.3, 0.4) is 0 Å². The molecule has 0 saturated heterocycles. The van der Waals surface area contributed by atoms with Crippen LogP contribution in [0.25, 0.3) is 70.8 Å². The highest BCUT2D eigenvalue weighted by Crippen LogP contribution is 2.39. The molecule has 34 heavy (non-hydrogen) atoms. The number of furan rings is 1. The van der Waals surface area contributed by atoms with Crippen molar-refractivity contribution in [2.24, 2.45) is 7.05 Å². The van der Waals surface area contributed by atoms with Crippen LogP contribution in [0.15, 0.2) is 95.7 Å². The third kappa shape index (κ3) is 2.19. The van der Waals surface area contributed by atoms with Gasteiger partial charge in [-0.3, -0.25) is 0 Å². The molecule has 0 atom stereocenters. The van der Waals surface area contributed by atoms with Gasteiger partial charge in [0.15, 0.2) is 0 Å². The van der Waals surface area contributed by atoms with Crippen LogP contribution in [0, 0.1) is 6.92 Å². The first-order chi connectivity index (χ1) is 16.7. The van der Waals surface area contributed by atoms with Crippen LogP contribution in [-0.4, -0.2) is 4.40 Å². The average Bonchev–Trinajstić information content (AvgIpc) is 3.41. The standard InChI is InChI=1S/C31H21N2O/c1-18-6-5-9-22-24-17-29-26(15-27(24)33-13-12-32(2)31(33)30(18)22)25-14-20-11-10-19-7-3-4-8-21(19)23(20)16-28(25)34-29/h3-17H,1-2H3/q+1. The molecule has 8 aromatic rings. The SMILES string of the molecule is Cc1cccc2c3cc4oc5cc6c(ccc7ccccc76)cc5c4cc3n3cc[n+](C)c3c12. The molecule has 8 rings (SSSR count). The first kappa shape index (κ1) is 18.1. The predicted molar refractivity (Wildman–Crippen MR) is 141 cm³/mol. The van der Waals surface area contributed by atoms with Crippen molar-refractivity contribution in [3.8, 4) is 0 Å². The molecule has 0 aliphatic carbocycles. The molecule has 0 radical (unpaired) electrons. The summed E-state index contributed by atoms with van der Waals surface area (Å²) in [6.07, 6.45) is 4.30. The van der Waals surface area contributed by atoms with Gasteiger partial charge >= 0.3 is 0 Å². The first-order valence-corrected chi connectivity index (χ1v) is 11.7. The van der Waals surface area contributed by atoms with Gasteiger partial charge in [-0.1, -0.05) is 54.6 Å². The molecule has 0 amide bonds. The fraction of sp³-hybridized carbons (Fsp3) is 0.0645. The molecular formula is C31H21N2O+. The van der Waals surface area contributed by atoms with E-state index in [2.05, 4.69) is 114 Å². The van der Waals surface area contributed by atoms with Gasteiger partial charge in [-0.15, -0.1) is 0 Å². The number of imidazole rings is 1. The molecule has 3 nitrogen and oxygen atoms in total. The van der Waals surface area contributed by atoms with Crippen molar-refractivity contribution in [1.29, 1.82) is 0 Å². The molecule has 0 spiro atoms. The smallest absolute Gasteiger partial charge is 0.294 e. The van der Waals surface area contributed by atoms with Gasteiger partial charge in [0, 0.05) is 21.5 Å².